The Kier molecular flexibility index (Phi) is 6.29. The number of amides is 1. The summed E-state index contributed by atoms with van der Waals surface area (Å²) in [5.74, 6) is 0. The highest BCUT2D eigenvalue weighted by molar-refractivity contribution is 6.48. The van der Waals surface area contributed by atoms with Gasteiger partial charge in [-0.2, -0.15) is 0 Å². The predicted molar refractivity (Wildman–Crippen MR) is 104 cm³/mol. The van der Waals surface area contributed by atoms with E-state index in [0.717, 1.165) is 16.8 Å². The molecule has 25 heavy (non-hydrogen) atoms. The number of carboxylic acid groups (broad SMARTS) is 1. The first-order valence-corrected chi connectivity index (χ1v) is 11.7. The summed E-state index contributed by atoms with van der Waals surface area (Å²) in [5, 5.41) is 9.64. The van der Waals surface area contributed by atoms with Crippen molar-refractivity contribution >= 4 is 32.3 Å². The third-order valence-corrected chi connectivity index (χ3v) is 5.28. The van der Waals surface area contributed by atoms with Gasteiger partial charge in [0.15, 0.2) is 9.04 Å². The fourth-order valence-corrected chi connectivity index (χ4v) is 4.22. The van der Waals surface area contributed by atoms with E-state index in [4.69, 9.17) is 21.1 Å². The third kappa shape index (κ3) is 5.06. The maximum absolute atomic E-state index is 11.0. The number of carbonyl (C=O) groups is 1. The average molecular weight is 383 g/mol. The minimum Gasteiger partial charge on any atom is -0.465 e. The van der Waals surface area contributed by atoms with Gasteiger partial charge in [0.05, 0.1) is 16.8 Å². The van der Waals surface area contributed by atoms with Crippen LogP contribution < -0.4 is 0 Å². The highest BCUT2D eigenvalue weighted by Gasteiger charge is 2.31. The van der Waals surface area contributed by atoms with Gasteiger partial charge in [-0.05, 0) is 42.1 Å². The van der Waals surface area contributed by atoms with Crippen molar-refractivity contribution in [3.05, 3.63) is 34.6 Å². The van der Waals surface area contributed by atoms with Crippen LogP contribution in [0, 0.1) is 5.41 Å². The number of pyridine rings is 1. The summed E-state index contributed by atoms with van der Waals surface area (Å²) in [6.07, 6.45) is 3.41. The van der Waals surface area contributed by atoms with E-state index >= 15 is 0 Å². The molecule has 1 aromatic heterocycles. The molecule has 1 amide bonds. The molecule has 0 aromatic carbocycles. The summed E-state index contributed by atoms with van der Waals surface area (Å²) in [4.78, 5) is 17.0. The van der Waals surface area contributed by atoms with Crippen molar-refractivity contribution < 1.29 is 14.3 Å². The molecule has 1 unspecified atom stereocenters. The maximum atomic E-state index is 11.0. The lowest BCUT2D eigenvalue weighted by molar-refractivity contribution is 0.0828. The van der Waals surface area contributed by atoms with Crippen LogP contribution in [0.5, 0.6) is 0 Å². The Morgan fingerprint density at radius 3 is 2.56 bits per heavy atom. The molecule has 0 saturated heterocycles. The molecule has 7 heteroatoms. The molecule has 0 spiro atoms. The lowest BCUT2D eigenvalue weighted by Crippen LogP contribution is -2.33. The molecule has 0 radical (unpaired) electrons. The Bertz CT molecular complexity index is 671. The molecular weight excluding hydrogens is 356 g/mol. The SMILES string of the molecule is C[SiH](C)OC(c1ncc(C2=CCN(C(=O)O)CC2)cc1Cl)C(C)(C)C. The smallest absolute Gasteiger partial charge is 0.407 e. The summed E-state index contributed by atoms with van der Waals surface area (Å²) in [6, 6.07) is 1.93. The van der Waals surface area contributed by atoms with Crippen LogP contribution in [0.4, 0.5) is 4.79 Å². The van der Waals surface area contributed by atoms with Crippen LogP contribution in [0.3, 0.4) is 0 Å². The van der Waals surface area contributed by atoms with Crippen molar-refractivity contribution in [2.24, 2.45) is 5.41 Å². The standard InChI is InChI=1S/C18H27ClN2O3Si/c1-18(2,3)16(24-25(4)5)15-14(19)10-13(11-20-15)12-6-8-21(9-7-12)17(22)23/h6,10-11,16,25H,7-9H2,1-5H3,(H,22,23). The molecule has 1 N–H and O–H groups in total. The van der Waals surface area contributed by atoms with Crippen LogP contribution in [-0.4, -0.2) is 43.2 Å². The Labute approximate surface area is 156 Å². The van der Waals surface area contributed by atoms with Gasteiger partial charge in [0.25, 0.3) is 0 Å². The van der Waals surface area contributed by atoms with E-state index in [2.05, 4.69) is 38.8 Å². The second-order valence-electron chi connectivity index (χ2n) is 7.73. The van der Waals surface area contributed by atoms with E-state index in [1.165, 1.54) is 4.90 Å². The molecule has 138 valence electrons. The average Bonchev–Trinajstić information content (AvgIpc) is 2.52. The molecule has 0 aliphatic carbocycles. The highest BCUT2D eigenvalue weighted by atomic mass is 35.5. The number of halogens is 1. The molecule has 2 rings (SSSR count). The van der Waals surface area contributed by atoms with E-state index in [0.29, 0.717) is 24.5 Å². The summed E-state index contributed by atoms with van der Waals surface area (Å²) in [7, 11) is -1.25. The number of hydrogen-bond donors (Lipinski definition) is 1. The summed E-state index contributed by atoms with van der Waals surface area (Å²) < 4.78 is 6.21. The number of aromatic nitrogens is 1. The van der Waals surface area contributed by atoms with E-state index < -0.39 is 15.1 Å². The minimum atomic E-state index is -1.25. The van der Waals surface area contributed by atoms with E-state index in [1.54, 1.807) is 0 Å². The Balaban J connectivity index is 2.27. The molecule has 2 heterocycles. The van der Waals surface area contributed by atoms with Gasteiger partial charge in [0.1, 0.15) is 0 Å². The molecule has 5 nitrogen and oxygen atoms in total. The molecule has 1 aliphatic rings. The van der Waals surface area contributed by atoms with Gasteiger partial charge in [0.2, 0.25) is 0 Å². The molecule has 0 saturated carbocycles. The highest BCUT2D eigenvalue weighted by Crippen LogP contribution is 2.39. The summed E-state index contributed by atoms with van der Waals surface area (Å²) >= 11 is 6.55. The first-order chi connectivity index (χ1) is 11.6. The quantitative estimate of drug-likeness (QED) is 0.773. The molecular formula is C18H27ClN2O3Si. The second-order valence-corrected chi connectivity index (χ2v) is 10.5. The summed E-state index contributed by atoms with van der Waals surface area (Å²) in [6.45, 7) is 11.6. The van der Waals surface area contributed by atoms with E-state index in [1.807, 2.05) is 18.3 Å². The maximum Gasteiger partial charge on any atom is 0.407 e. The van der Waals surface area contributed by atoms with Crippen molar-refractivity contribution in [3.63, 3.8) is 0 Å². The minimum absolute atomic E-state index is 0.0957. The molecule has 1 aliphatic heterocycles. The number of rotatable bonds is 4. The van der Waals surface area contributed by atoms with Crippen LogP contribution in [0.1, 0.15) is 44.6 Å². The molecule has 1 atom stereocenters. The Hall–Kier alpha value is -1.37. The zero-order chi connectivity index (χ0) is 18.8. The Morgan fingerprint density at radius 2 is 2.12 bits per heavy atom. The van der Waals surface area contributed by atoms with Gasteiger partial charge in [0, 0.05) is 19.3 Å². The van der Waals surface area contributed by atoms with Crippen molar-refractivity contribution in [2.75, 3.05) is 13.1 Å². The monoisotopic (exact) mass is 382 g/mol. The molecule has 0 fully saturated rings. The zero-order valence-electron chi connectivity index (χ0n) is 15.5. The first kappa shape index (κ1) is 19.9. The van der Waals surface area contributed by atoms with Crippen LogP contribution in [0.15, 0.2) is 18.3 Å². The second kappa shape index (κ2) is 7.89. The van der Waals surface area contributed by atoms with Crippen LogP contribution in [-0.2, 0) is 4.43 Å². The van der Waals surface area contributed by atoms with Gasteiger partial charge in [-0.15, -0.1) is 0 Å². The van der Waals surface area contributed by atoms with E-state index in [9.17, 15) is 4.79 Å². The number of nitrogens with zero attached hydrogens (tertiary/aromatic N) is 2. The molecule has 0 bridgehead atoms. The van der Waals surface area contributed by atoms with Crippen LogP contribution in [0.2, 0.25) is 18.1 Å². The lowest BCUT2D eigenvalue weighted by Gasteiger charge is -2.33. The van der Waals surface area contributed by atoms with Gasteiger partial charge in [-0.25, -0.2) is 4.79 Å². The van der Waals surface area contributed by atoms with Crippen molar-refractivity contribution in [3.8, 4) is 0 Å². The van der Waals surface area contributed by atoms with Gasteiger partial charge < -0.3 is 14.4 Å². The zero-order valence-corrected chi connectivity index (χ0v) is 17.5. The summed E-state index contributed by atoms with van der Waals surface area (Å²) in [5.41, 5.74) is 2.72. The third-order valence-electron chi connectivity index (χ3n) is 4.16. The first-order valence-electron chi connectivity index (χ1n) is 8.57. The molecule has 1 aromatic rings. The van der Waals surface area contributed by atoms with Gasteiger partial charge >= 0.3 is 6.09 Å². The Morgan fingerprint density at radius 1 is 1.44 bits per heavy atom. The fourth-order valence-electron chi connectivity index (χ4n) is 2.87. The van der Waals surface area contributed by atoms with Crippen molar-refractivity contribution in [1.82, 2.24) is 9.88 Å². The predicted octanol–water partition coefficient (Wildman–Crippen LogP) is 4.59. The lowest BCUT2D eigenvalue weighted by atomic mass is 9.86. The van der Waals surface area contributed by atoms with Crippen molar-refractivity contribution in [1.29, 1.82) is 0 Å². The number of hydrogen-bond acceptors (Lipinski definition) is 3. The van der Waals surface area contributed by atoms with Gasteiger partial charge in [-0.1, -0.05) is 38.4 Å². The normalized spacial score (nSPS) is 16.8. The van der Waals surface area contributed by atoms with Crippen LogP contribution in [0.25, 0.3) is 5.57 Å². The largest absolute Gasteiger partial charge is 0.465 e. The van der Waals surface area contributed by atoms with Gasteiger partial charge in [-0.3, -0.25) is 4.98 Å². The topological polar surface area (TPSA) is 62.7 Å². The van der Waals surface area contributed by atoms with Crippen LogP contribution >= 0.6 is 11.6 Å². The van der Waals surface area contributed by atoms with E-state index in [-0.39, 0.29) is 11.5 Å². The fraction of sp³-hybridized carbons (Fsp3) is 0.556. The van der Waals surface area contributed by atoms with Crippen molar-refractivity contribution in [2.45, 2.75) is 46.4 Å².